The molecular weight excluding hydrogens is 384 g/mol. The maximum atomic E-state index is 12.0. The molecule has 0 heterocycles. The largest absolute Gasteiger partial charge is 0.506 e. The van der Waals surface area contributed by atoms with Crippen LogP contribution in [0.4, 0.5) is 0 Å². The van der Waals surface area contributed by atoms with Gasteiger partial charge in [0.25, 0.3) is 5.91 Å². The van der Waals surface area contributed by atoms with E-state index in [1.54, 1.807) is 18.2 Å². The second-order valence-electron chi connectivity index (χ2n) is 5.78. The fraction of sp³-hybridized carbons (Fsp3) is 0.100. The molecule has 0 unspecified atom stereocenters. The van der Waals surface area contributed by atoms with Crippen LogP contribution in [0, 0.1) is 0 Å². The van der Waals surface area contributed by atoms with Gasteiger partial charge in [-0.05, 0) is 35.7 Å². The van der Waals surface area contributed by atoms with E-state index in [0.717, 1.165) is 5.39 Å². The second-order valence-corrected chi connectivity index (χ2v) is 6.19. The van der Waals surface area contributed by atoms with Gasteiger partial charge in [-0.15, -0.1) is 0 Å². The molecular formula is C20H17ClN2O5. The van der Waals surface area contributed by atoms with Gasteiger partial charge in [-0.1, -0.05) is 35.9 Å². The number of rotatable bonds is 6. The maximum Gasteiger partial charge on any atom is 0.338 e. The topological polar surface area (TPSA) is 111 Å². The van der Waals surface area contributed by atoms with Crippen LogP contribution in [0.2, 0.25) is 5.02 Å². The molecule has 0 radical (unpaired) electrons. The Kier molecular flexibility index (Phi) is 5.98. The van der Waals surface area contributed by atoms with Crippen molar-refractivity contribution in [2.24, 2.45) is 5.84 Å². The Hall–Kier alpha value is -3.29. The van der Waals surface area contributed by atoms with E-state index in [0.29, 0.717) is 16.7 Å². The molecule has 4 N–H and O–H groups in total. The number of nitrogens with two attached hydrogens (primary N) is 1. The number of halogens is 1. The number of nitrogen functional groups attached to an aromatic ring is 1. The molecule has 3 rings (SSSR count). The quantitative estimate of drug-likeness (QED) is 0.193. The van der Waals surface area contributed by atoms with E-state index in [2.05, 4.69) is 5.43 Å². The third-order valence-corrected chi connectivity index (χ3v) is 4.32. The molecule has 0 aromatic heterocycles. The summed E-state index contributed by atoms with van der Waals surface area (Å²) in [6, 6.07) is 14.6. The van der Waals surface area contributed by atoms with Crippen molar-refractivity contribution in [2.45, 2.75) is 0 Å². The molecule has 0 atom stereocenters. The second kappa shape index (κ2) is 8.60. The Balaban J connectivity index is 1.65. The molecule has 3 aromatic rings. The minimum atomic E-state index is -0.578. The maximum absolute atomic E-state index is 12.0. The number of ether oxygens (including phenoxy) is 2. The average molecular weight is 401 g/mol. The van der Waals surface area contributed by atoms with Gasteiger partial charge in [-0.2, -0.15) is 0 Å². The number of phenols is 1. The highest BCUT2D eigenvalue weighted by molar-refractivity contribution is 6.32. The fourth-order valence-electron chi connectivity index (χ4n) is 2.68. The first-order valence-electron chi connectivity index (χ1n) is 8.32. The number of carbonyl (C=O) groups excluding carboxylic acids is 2. The molecule has 0 aliphatic heterocycles. The highest BCUT2D eigenvalue weighted by atomic mass is 35.5. The summed E-state index contributed by atoms with van der Waals surface area (Å²) in [6.07, 6.45) is 0. The van der Waals surface area contributed by atoms with Crippen molar-refractivity contribution in [1.82, 2.24) is 5.43 Å². The van der Waals surface area contributed by atoms with Gasteiger partial charge < -0.3 is 14.6 Å². The van der Waals surface area contributed by atoms with Crippen molar-refractivity contribution in [3.05, 3.63) is 70.7 Å². The van der Waals surface area contributed by atoms with E-state index < -0.39 is 11.9 Å². The smallest absolute Gasteiger partial charge is 0.338 e. The van der Waals surface area contributed by atoms with Crippen molar-refractivity contribution in [1.29, 1.82) is 0 Å². The first-order chi connectivity index (χ1) is 13.5. The normalized spacial score (nSPS) is 10.5. The van der Waals surface area contributed by atoms with Crippen LogP contribution in [0.3, 0.4) is 0 Å². The van der Waals surface area contributed by atoms with Gasteiger partial charge in [-0.3, -0.25) is 10.2 Å². The van der Waals surface area contributed by atoms with Crippen LogP contribution in [0.1, 0.15) is 20.7 Å². The van der Waals surface area contributed by atoms with E-state index in [-0.39, 0.29) is 29.5 Å². The predicted molar refractivity (Wildman–Crippen MR) is 104 cm³/mol. The lowest BCUT2D eigenvalue weighted by atomic mass is 10.0. The Labute approximate surface area is 165 Å². The molecule has 0 bridgehead atoms. The first kappa shape index (κ1) is 19.5. The molecule has 0 aliphatic carbocycles. The third-order valence-electron chi connectivity index (χ3n) is 4.02. The van der Waals surface area contributed by atoms with Gasteiger partial charge >= 0.3 is 5.97 Å². The van der Waals surface area contributed by atoms with Crippen LogP contribution < -0.4 is 16.0 Å². The molecule has 1 amide bonds. The summed E-state index contributed by atoms with van der Waals surface area (Å²) >= 11 is 5.78. The van der Waals surface area contributed by atoms with Crippen LogP contribution in [0.5, 0.6) is 11.5 Å². The molecule has 0 spiro atoms. The Bertz CT molecular complexity index is 1040. The molecule has 144 valence electrons. The van der Waals surface area contributed by atoms with Crippen LogP contribution in [0.25, 0.3) is 10.8 Å². The summed E-state index contributed by atoms with van der Waals surface area (Å²) < 4.78 is 10.9. The summed E-state index contributed by atoms with van der Waals surface area (Å²) in [4.78, 5) is 23.9. The molecule has 0 aliphatic rings. The van der Waals surface area contributed by atoms with Crippen LogP contribution in [-0.2, 0) is 4.74 Å². The number of hydrogen-bond acceptors (Lipinski definition) is 6. The first-order valence-corrected chi connectivity index (χ1v) is 8.70. The van der Waals surface area contributed by atoms with E-state index >= 15 is 0 Å². The van der Waals surface area contributed by atoms with E-state index in [9.17, 15) is 14.7 Å². The Morgan fingerprint density at radius 2 is 1.79 bits per heavy atom. The van der Waals surface area contributed by atoms with Gasteiger partial charge in [0, 0.05) is 10.9 Å². The highest BCUT2D eigenvalue weighted by Crippen LogP contribution is 2.28. The van der Waals surface area contributed by atoms with Crippen LogP contribution in [0.15, 0.2) is 54.6 Å². The Morgan fingerprint density at radius 1 is 1.04 bits per heavy atom. The number of aromatic hydroxyl groups is 1. The number of hydrogen-bond donors (Lipinski definition) is 3. The molecule has 8 heteroatoms. The van der Waals surface area contributed by atoms with E-state index in [1.165, 1.54) is 18.2 Å². The summed E-state index contributed by atoms with van der Waals surface area (Å²) in [5.74, 6) is 4.68. The SMILES string of the molecule is NNC(=O)c1ccc(OCCOC(=O)c2ccc(O)c(Cl)c2)c2ccccc12. The van der Waals surface area contributed by atoms with Crippen LogP contribution in [-0.4, -0.2) is 30.2 Å². The zero-order valence-electron chi connectivity index (χ0n) is 14.6. The van der Waals surface area contributed by atoms with Gasteiger partial charge in [0.15, 0.2) is 0 Å². The minimum absolute atomic E-state index is 0.0106. The minimum Gasteiger partial charge on any atom is -0.506 e. The predicted octanol–water partition coefficient (Wildman–Crippen LogP) is 3.04. The van der Waals surface area contributed by atoms with Gasteiger partial charge in [0.05, 0.1) is 10.6 Å². The van der Waals surface area contributed by atoms with Crippen molar-refractivity contribution >= 4 is 34.2 Å². The molecule has 0 fully saturated rings. The Morgan fingerprint density at radius 3 is 2.50 bits per heavy atom. The number of benzene rings is 3. The van der Waals surface area contributed by atoms with E-state index in [4.69, 9.17) is 26.9 Å². The summed E-state index contributed by atoms with van der Waals surface area (Å²) in [5.41, 5.74) is 2.78. The van der Waals surface area contributed by atoms with Gasteiger partial charge in [0.1, 0.15) is 24.7 Å². The number of carbonyl (C=O) groups is 2. The van der Waals surface area contributed by atoms with E-state index in [1.807, 2.05) is 18.2 Å². The van der Waals surface area contributed by atoms with Crippen molar-refractivity contribution in [3.63, 3.8) is 0 Å². The summed E-state index contributed by atoms with van der Waals surface area (Å²) in [5, 5.41) is 10.9. The van der Waals surface area contributed by atoms with Crippen molar-refractivity contribution in [3.8, 4) is 11.5 Å². The lowest BCUT2D eigenvalue weighted by molar-refractivity contribution is 0.0451. The molecule has 0 saturated carbocycles. The zero-order valence-corrected chi connectivity index (χ0v) is 15.4. The molecule has 3 aromatic carbocycles. The molecule has 28 heavy (non-hydrogen) atoms. The lowest BCUT2D eigenvalue weighted by Gasteiger charge is -2.12. The monoisotopic (exact) mass is 400 g/mol. The molecule has 0 saturated heterocycles. The van der Waals surface area contributed by atoms with Crippen molar-refractivity contribution < 1.29 is 24.2 Å². The zero-order chi connectivity index (χ0) is 20.1. The standard InChI is InChI=1S/C20H17ClN2O5/c21-16-11-12(5-7-17(16)24)20(26)28-10-9-27-18-8-6-15(19(25)23-22)13-3-1-2-4-14(13)18/h1-8,11,24H,9-10,22H2,(H,23,25). The fourth-order valence-corrected chi connectivity index (χ4v) is 2.86. The number of hydrazine groups is 1. The number of fused-ring (bicyclic) bond motifs is 1. The summed E-state index contributed by atoms with van der Waals surface area (Å²) in [6.45, 7) is 0.126. The van der Waals surface area contributed by atoms with Crippen molar-refractivity contribution in [2.75, 3.05) is 13.2 Å². The van der Waals surface area contributed by atoms with Gasteiger partial charge in [-0.25, -0.2) is 10.6 Å². The average Bonchev–Trinajstić information content (AvgIpc) is 2.72. The summed E-state index contributed by atoms with van der Waals surface area (Å²) in [7, 11) is 0. The third kappa shape index (κ3) is 4.16. The number of nitrogens with one attached hydrogen (secondary N) is 1. The highest BCUT2D eigenvalue weighted by Gasteiger charge is 2.13. The van der Waals surface area contributed by atoms with Crippen LogP contribution >= 0.6 is 11.6 Å². The number of esters is 1. The lowest BCUT2D eigenvalue weighted by Crippen LogP contribution is -2.30. The molecule has 7 nitrogen and oxygen atoms in total. The number of amides is 1. The van der Waals surface area contributed by atoms with Gasteiger partial charge in [0.2, 0.25) is 0 Å². The number of phenolic OH excluding ortho intramolecular Hbond substituents is 1.